The van der Waals surface area contributed by atoms with Gasteiger partial charge in [0.05, 0.1) is 11.6 Å². The minimum absolute atomic E-state index is 0.291. The van der Waals surface area contributed by atoms with Crippen molar-refractivity contribution in [2.24, 2.45) is 0 Å². The zero-order chi connectivity index (χ0) is 12.0. The molecular formula is C13H18ClNO. The van der Waals surface area contributed by atoms with Crippen LogP contribution < -0.4 is 10.1 Å². The first-order chi connectivity index (χ1) is 7.69. The normalized spacial score (nSPS) is 12.2. The highest BCUT2D eigenvalue weighted by molar-refractivity contribution is 6.32. The van der Waals surface area contributed by atoms with Gasteiger partial charge < -0.3 is 10.1 Å². The van der Waals surface area contributed by atoms with Crippen LogP contribution in [0.4, 0.5) is 0 Å². The summed E-state index contributed by atoms with van der Waals surface area (Å²) >= 11 is 6.13. The molecule has 16 heavy (non-hydrogen) atoms. The zero-order valence-electron chi connectivity index (χ0n) is 9.79. The lowest BCUT2D eigenvalue weighted by Crippen LogP contribution is -2.12. The Labute approximate surface area is 102 Å². The summed E-state index contributed by atoms with van der Waals surface area (Å²) in [7, 11) is 1.92. The molecule has 0 aliphatic carbocycles. The third kappa shape index (κ3) is 3.54. The first-order valence-corrected chi connectivity index (χ1v) is 5.77. The second-order valence-electron chi connectivity index (χ2n) is 3.63. The van der Waals surface area contributed by atoms with Crippen LogP contribution in [0.3, 0.4) is 0 Å². The van der Waals surface area contributed by atoms with E-state index in [0.717, 1.165) is 17.7 Å². The van der Waals surface area contributed by atoms with Crippen LogP contribution in [0.25, 0.3) is 0 Å². The number of nitrogens with one attached hydrogen (secondary N) is 1. The summed E-state index contributed by atoms with van der Waals surface area (Å²) in [6.07, 6.45) is 2.65. The fraction of sp³-hybridized carbons (Fsp3) is 0.385. The van der Waals surface area contributed by atoms with Crippen molar-refractivity contribution in [2.75, 3.05) is 13.7 Å². The molecule has 0 amide bonds. The Morgan fingerprint density at radius 3 is 2.88 bits per heavy atom. The summed E-state index contributed by atoms with van der Waals surface area (Å²) in [6, 6.07) is 6.16. The molecule has 88 valence electrons. The van der Waals surface area contributed by atoms with Gasteiger partial charge in [-0.15, -0.1) is 6.58 Å². The topological polar surface area (TPSA) is 21.3 Å². The standard InChI is InChI=1S/C13H18ClNO/c1-4-5-8-16-13-7-6-11(9-12(13)14)10(2)15-3/h4,6-7,9-10,15H,1,5,8H2,2-3H3. The monoisotopic (exact) mass is 239 g/mol. The number of ether oxygens (including phenoxy) is 1. The lowest BCUT2D eigenvalue weighted by Gasteiger charge is -2.13. The maximum absolute atomic E-state index is 6.13. The smallest absolute Gasteiger partial charge is 0.137 e. The van der Waals surface area contributed by atoms with Crippen LogP contribution >= 0.6 is 11.6 Å². The van der Waals surface area contributed by atoms with E-state index >= 15 is 0 Å². The maximum Gasteiger partial charge on any atom is 0.137 e. The minimum Gasteiger partial charge on any atom is -0.492 e. The molecule has 1 aromatic carbocycles. The zero-order valence-corrected chi connectivity index (χ0v) is 10.6. The van der Waals surface area contributed by atoms with Crippen LogP contribution in [0.5, 0.6) is 5.75 Å². The van der Waals surface area contributed by atoms with Gasteiger partial charge in [-0.2, -0.15) is 0 Å². The summed E-state index contributed by atoms with van der Waals surface area (Å²) in [5.41, 5.74) is 1.16. The highest BCUT2D eigenvalue weighted by Crippen LogP contribution is 2.27. The molecule has 0 fully saturated rings. The van der Waals surface area contributed by atoms with Gasteiger partial charge in [0.15, 0.2) is 0 Å². The van der Waals surface area contributed by atoms with Crippen LogP contribution in [-0.4, -0.2) is 13.7 Å². The van der Waals surface area contributed by atoms with Crippen molar-refractivity contribution in [1.82, 2.24) is 5.32 Å². The fourth-order valence-electron chi connectivity index (χ4n) is 1.32. The van der Waals surface area contributed by atoms with Gasteiger partial charge in [0, 0.05) is 6.04 Å². The molecule has 0 spiro atoms. The Balaban J connectivity index is 2.71. The molecule has 0 saturated heterocycles. The van der Waals surface area contributed by atoms with E-state index in [9.17, 15) is 0 Å². The molecule has 1 atom stereocenters. The van der Waals surface area contributed by atoms with E-state index in [1.165, 1.54) is 0 Å². The molecule has 1 unspecified atom stereocenters. The van der Waals surface area contributed by atoms with Crippen LogP contribution in [-0.2, 0) is 0 Å². The Kier molecular flexibility index (Phi) is 5.36. The van der Waals surface area contributed by atoms with Gasteiger partial charge in [-0.3, -0.25) is 0 Å². The molecule has 3 heteroatoms. The highest BCUT2D eigenvalue weighted by atomic mass is 35.5. The molecule has 2 nitrogen and oxygen atoms in total. The molecule has 0 bridgehead atoms. The van der Waals surface area contributed by atoms with E-state index in [2.05, 4.69) is 18.8 Å². The number of hydrogen-bond donors (Lipinski definition) is 1. The summed E-state index contributed by atoms with van der Waals surface area (Å²) in [6.45, 7) is 6.34. The first-order valence-electron chi connectivity index (χ1n) is 5.39. The van der Waals surface area contributed by atoms with Crippen molar-refractivity contribution in [1.29, 1.82) is 0 Å². The van der Waals surface area contributed by atoms with Gasteiger partial charge >= 0.3 is 0 Å². The van der Waals surface area contributed by atoms with Crippen molar-refractivity contribution in [3.05, 3.63) is 41.4 Å². The van der Waals surface area contributed by atoms with Gasteiger partial charge in [0.2, 0.25) is 0 Å². The van der Waals surface area contributed by atoms with Gasteiger partial charge in [-0.1, -0.05) is 23.7 Å². The molecule has 0 aromatic heterocycles. The molecule has 0 aliphatic heterocycles. The van der Waals surface area contributed by atoms with Crippen molar-refractivity contribution >= 4 is 11.6 Å². The van der Waals surface area contributed by atoms with Gasteiger partial charge in [0.1, 0.15) is 5.75 Å². The van der Waals surface area contributed by atoms with E-state index in [-0.39, 0.29) is 0 Å². The largest absolute Gasteiger partial charge is 0.492 e. The molecular weight excluding hydrogens is 222 g/mol. The number of benzene rings is 1. The van der Waals surface area contributed by atoms with E-state index in [1.807, 2.05) is 31.3 Å². The molecule has 1 N–H and O–H groups in total. The maximum atomic E-state index is 6.13. The summed E-state index contributed by atoms with van der Waals surface area (Å²) < 4.78 is 5.52. The first kappa shape index (κ1) is 13.1. The van der Waals surface area contributed by atoms with Crippen molar-refractivity contribution in [3.63, 3.8) is 0 Å². The minimum atomic E-state index is 0.291. The van der Waals surface area contributed by atoms with E-state index in [1.54, 1.807) is 0 Å². The molecule has 1 aromatic rings. The lowest BCUT2D eigenvalue weighted by atomic mass is 10.1. The van der Waals surface area contributed by atoms with Crippen LogP contribution in [0.1, 0.15) is 24.9 Å². The van der Waals surface area contributed by atoms with Crippen molar-refractivity contribution in [3.8, 4) is 5.75 Å². The SMILES string of the molecule is C=CCCOc1ccc(C(C)NC)cc1Cl. The lowest BCUT2D eigenvalue weighted by molar-refractivity contribution is 0.325. The van der Waals surface area contributed by atoms with Gasteiger partial charge in [-0.05, 0) is 38.1 Å². The average Bonchev–Trinajstić information content (AvgIpc) is 2.30. The summed E-state index contributed by atoms with van der Waals surface area (Å²) in [5, 5.41) is 3.82. The predicted octanol–water partition coefficient (Wildman–Crippen LogP) is 3.58. The Morgan fingerprint density at radius 1 is 1.56 bits per heavy atom. The Bertz CT molecular complexity index is 352. The van der Waals surface area contributed by atoms with Crippen LogP contribution in [0.2, 0.25) is 5.02 Å². The average molecular weight is 240 g/mol. The second-order valence-corrected chi connectivity index (χ2v) is 4.03. The highest BCUT2D eigenvalue weighted by Gasteiger charge is 2.06. The van der Waals surface area contributed by atoms with E-state index in [4.69, 9.17) is 16.3 Å². The molecule has 0 aliphatic rings. The van der Waals surface area contributed by atoms with Crippen molar-refractivity contribution < 1.29 is 4.74 Å². The third-order valence-electron chi connectivity index (χ3n) is 2.47. The van der Waals surface area contributed by atoms with Crippen molar-refractivity contribution in [2.45, 2.75) is 19.4 Å². The summed E-state index contributed by atoms with van der Waals surface area (Å²) in [4.78, 5) is 0. The van der Waals surface area contributed by atoms with Crippen LogP contribution in [0.15, 0.2) is 30.9 Å². The Morgan fingerprint density at radius 2 is 2.31 bits per heavy atom. The molecule has 0 saturated carbocycles. The molecule has 0 radical (unpaired) electrons. The van der Waals surface area contributed by atoms with Gasteiger partial charge in [-0.25, -0.2) is 0 Å². The second kappa shape index (κ2) is 6.56. The summed E-state index contributed by atoms with van der Waals surface area (Å²) in [5.74, 6) is 0.732. The van der Waals surface area contributed by atoms with E-state index < -0.39 is 0 Å². The fourth-order valence-corrected chi connectivity index (χ4v) is 1.57. The third-order valence-corrected chi connectivity index (χ3v) is 2.76. The predicted molar refractivity (Wildman–Crippen MR) is 69.2 cm³/mol. The molecule has 1 rings (SSSR count). The van der Waals surface area contributed by atoms with Gasteiger partial charge in [0.25, 0.3) is 0 Å². The Hall–Kier alpha value is -0.990. The number of rotatable bonds is 6. The van der Waals surface area contributed by atoms with Crippen LogP contribution in [0, 0.1) is 0 Å². The molecule has 0 heterocycles. The van der Waals surface area contributed by atoms with E-state index in [0.29, 0.717) is 17.7 Å². The number of halogens is 1. The quantitative estimate of drug-likeness (QED) is 0.605. The number of hydrogen-bond acceptors (Lipinski definition) is 2.